The zero-order valence-corrected chi connectivity index (χ0v) is 12.7. The number of nitrogens with two attached hydrogens (primary N) is 1. The highest BCUT2D eigenvalue weighted by molar-refractivity contribution is 9.10. The van der Waals surface area contributed by atoms with Gasteiger partial charge < -0.3 is 11.1 Å². The maximum Gasteiger partial charge on any atom is 0.237 e. The van der Waals surface area contributed by atoms with E-state index in [-0.39, 0.29) is 17.9 Å². The summed E-state index contributed by atoms with van der Waals surface area (Å²) in [5, 5.41) is 2.95. The lowest BCUT2D eigenvalue weighted by molar-refractivity contribution is -0.123. The number of benzene rings is 1. The third-order valence-corrected chi connectivity index (χ3v) is 3.39. The summed E-state index contributed by atoms with van der Waals surface area (Å²) in [5.41, 5.74) is 7.00. The first-order valence-electron chi connectivity index (χ1n) is 6.20. The number of amides is 1. The van der Waals surface area contributed by atoms with E-state index < -0.39 is 6.04 Å². The molecular weight excluding hydrogens is 292 g/mol. The topological polar surface area (TPSA) is 55.1 Å². The molecule has 0 fully saturated rings. The molecule has 3 N–H and O–H groups in total. The predicted octanol–water partition coefficient (Wildman–Crippen LogP) is 2.48. The van der Waals surface area contributed by atoms with Crippen LogP contribution in [0, 0.1) is 5.92 Å². The SMILES string of the molecule is CC(Cc1ccc(Br)cc1)NC(=O)C(N)C(C)C. The van der Waals surface area contributed by atoms with Crippen LogP contribution in [0.1, 0.15) is 26.3 Å². The van der Waals surface area contributed by atoms with Crippen molar-refractivity contribution >= 4 is 21.8 Å². The van der Waals surface area contributed by atoms with E-state index in [1.807, 2.05) is 32.9 Å². The fourth-order valence-corrected chi connectivity index (χ4v) is 1.93. The highest BCUT2D eigenvalue weighted by Gasteiger charge is 2.18. The molecule has 0 radical (unpaired) electrons. The third kappa shape index (κ3) is 4.78. The van der Waals surface area contributed by atoms with Crippen LogP contribution in [0.25, 0.3) is 0 Å². The second-order valence-corrected chi connectivity index (χ2v) is 5.93. The van der Waals surface area contributed by atoms with Crippen molar-refractivity contribution in [2.45, 2.75) is 39.3 Å². The van der Waals surface area contributed by atoms with Gasteiger partial charge in [0.15, 0.2) is 0 Å². The molecule has 1 amide bonds. The lowest BCUT2D eigenvalue weighted by Crippen LogP contribution is -2.47. The molecule has 0 bridgehead atoms. The van der Waals surface area contributed by atoms with Crippen molar-refractivity contribution in [2.75, 3.05) is 0 Å². The molecule has 2 unspecified atom stereocenters. The van der Waals surface area contributed by atoms with Crippen LogP contribution >= 0.6 is 15.9 Å². The number of carbonyl (C=O) groups is 1. The van der Waals surface area contributed by atoms with Crippen LogP contribution in [-0.2, 0) is 11.2 Å². The molecule has 0 saturated heterocycles. The van der Waals surface area contributed by atoms with Gasteiger partial charge in [-0.15, -0.1) is 0 Å². The highest BCUT2D eigenvalue weighted by atomic mass is 79.9. The molecule has 100 valence electrons. The summed E-state index contributed by atoms with van der Waals surface area (Å²) < 4.78 is 1.06. The van der Waals surface area contributed by atoms with Crippen molar-refractivity contribution < 1.29 is 4.79 Å². The molecule has 1 aromatic rings. The van der Waals surface area contributed by atoms with E-state index >= 15 is 0 Å². The Labute approximate surface area is 117 Å². The van der Waals surface area contributed by atoms with Gasteiger partial charge in [-0.1, -0.05) is 41.9 Å². The summed E-state index contributed by atoms with van der Waals surface area (Å²) in [6.07, 6.45) is 0.809. The van der Waals surface area contributed by atoms with E-state index in [0.29, 0.717) is 0 Å². The Morgan fingerprint density at radius 1 is 1.28 bits per heavy atom. The fraction of sp³-hybridized carbons (Fsp3) is 0.500. The van der Waals surface area contributed by atoms with Crippen molar-refractivity contribution in [1.82, 2.24) is 5.32 Å². The Morgan fingerprint density at radius 3 is 2.33 bits per heavy atom. The lowest BCUT2D eigenvalue weighted by Gasteiger charge is -2.19. The molecule has 1 rings (SSSR count). The van der Waals surface area contributed by atoms with E-state index in [2.05, 4.69) is 33.4 Å². The Balaban J connectivity index is 2.49. The summed E-state index contributed by atoms with van der Waals surface area (Å²) in [4.78, 5) is 11.8. The highest BCUT2D eigenvalue weighted by Crippen LogP contribution is 2.12. The van der Waals surface area contributed by atoms with E-state index in [1.165, 1.54) is 5.56 Å². The molecule has 0 spiro atoms. The Hall–Kier alpha value is -0.870. The van der Waals surface area contributed by atoms with Gasteiger partial charge in [0, 0.05) is 10.5 Å². The van der Waals surface area contributed by atoms with Crippen LogP contribution in [0.15, 0.2) is 28.7 Å². The van der Waals surface area contributed by atoms with Crippen LogP contribution < -0.4 is 11.1 Å². The van der Waals surface area contributed by atoms with Crippen molar-refractivity contribution in [3.63, 3.8) is 0 Å². The second kappa shape index (κ2) is 6.90. The molecule has 4 heteroatoms. The van der Waals surface area contributed by atoms with Gasteiger partial charge in [-0.2, -0.15) is 0 Å². The second-order valence-electron chi connectivity index (χ2n) is 5.01. The molecule has 0 aliphatic heterocycles. The monoisotopic (exact) mass is 312 g/mol. The van der Waals surface area contributed by atoms with Crippen molar-refractivity contribution in [3.8, 4) is 0 Å². The van der Waals surface area contributed by atoms with Gasteiger partial charge in [-0.05, 0) is 37.0 Å². The van der Waals surface area contributed by atoms with Crippen molar-refractivity contribution in [2.24, 2.45) is 11.7 Å². The molecule has 0 aromatic heterocycles. The zero-order chi connectivity index (χ0) is 13.7. The van der Waals surface area contributed by atoms with Gasteiger partial charge in [0.2, 0.25) is 5.91 Å². The quantitative estimate of drug-likeness (QED) is 0.877. The smallest absolute Gasteiger partial charge is 0.237 e. The lowest BCUT2D eigenvalue weighted by atomic mass is 10.0. The van der Waals surface area contributed by atoms with Crippen LogP contribution in [0.2, 0.25) is 0 Å². The number of nitrogens with one attached hydrogen (secondary N) is 1. The van der Waals surface area contributed by atoms with E-state index in [4.69, 9.17) is 5.73 Å². The predicted molar refractivity (Wildman–Crippen MR) is 78.3 cm³/mol. The normalized spacial score (nSPS) is 14.3. The molecule has 0 aliphatic rings. The number of carbonyl (C=O) groups excluding carboxylic acids is 1. The van der Waals surface area contributed by atoms with E-state index in [1.54, 1.807) is 0 Å². The minimum atomic E-state index is -0.433. The minimum absolute atomic E-state index is 0.0744. The van der Waals surface area contributed by atoms with Gasteiger partial charge in [0.1, 0.15) is 0 Å². The molecular formula is C14H21BrN2O. The molecule has 18 heavy (non-hydrogen) atoms. The van der Waals surface area contributed by atoms with Crippen LogP contribution in [0.5, 0.6) is 0 Å². The average Bonchev–Trinajstić information content (AvgIpc) is 2.30. The van der Waals surface area contributed by atoms with Crippen molar-refractivity contribution in [3.05, 3.63) is 34.3 Å². The van der Waals surface area contributed by atoms with Crippen LogP contribution in [0.4, 0.5) is 0 Å². The molecule has 3 nitrogen and oxygen atoms in total. The van der Waals surface area contributed by atoms with Crippen LogP contribution in [-0.4, -0.2) is 18.0 Å². The van der Waals surface area contributed by atoms with Crippen LogP contribution in [0.3, 0.4) is 0 Å². The van der Waals surface area contributed by atoms with Gasteiger partial charge >= 0.3 is 0 Å². The Bertz CT molecular complexity index is 389. The van der Waals surface area contributed by atoms with Crippen molar-refractivity contribution in [1.29, 1.82) is 0 Å². The first-order chi connectivity index (χ1) is 8.40. The van der Waals surface area contributed by atoms with Gasteiger partial charge in [0.25, 0.3) is 0 Å². The Morgan fingerprint density at radius 2 is 1.83 bits per heavy atom. The van der Waals surface area contributed by atoms with Gasteiger partial charge in [-0.3, -0.25) is 4.79 Å². The summed E-state index contributed by atoms with van der Waals surface area (Å²) in [6, 6.07) is 7.76. The average molecular weight is 313 g/mol. The number of halogens is 1. The summed E-state index contributed by atoms with van der Waals surface area (Å²) in [7, 11) is 0. The molecule has 0 saturated carbocycles. The van der Waals surface area contributed by atoms with E-state index in [0.717, 1.165) is 10.9 Å². The third-order valence-electron chi connectivity index (χ3n) is 2.86. The molecule has 2 atom stereocenters. The number of hydrogen-bond acceptors (Lipinski definition) is 2. The van der Waals surface area contributed by atoms with Gasteiger partial charge in [0.05, 0.1) is 6.04 Å². The summed E-state index contributed by atoms with van der Waals surface area (Å²) >= 11 is 3.40. The Kier molecular flexibility index (Phi) is 5.82. The molecule has 1 aromatic carbocycles. The largest absolute Gasteiger partial charge is 0.352 e. The zero-order valence-electron chi connectivity index (χ0n) is 11.1. The minimum Gasteiger partial charge on any atom is -0.352 e. The maximum atomic E-state index is 11.8. The van der Waals surface area contributed by atoms with E-state index in [9.17, 15) is 4.79 Å². The first-order valence-corrected chi connectivity index (χ1v) is 7.00. The maximum absolute atomic E-state index is 11.8. The summed E-state index contributed by atoms with van der Waals surface area (Å²) in [6.45, 7) is 5.89. The fourth-order valence-electron chi connectivity index (χ4n) is 1.67. The number of rotatable bonds is 5. The molecule has 0 heterocycles. The summed E-state index contributed by atoms with van der Waals surface area (Å²) in [5.74, 6) is 0.0829. The molecule has 0 aliphatic carbocycles. The van der Waals surface area contributed by atoms with Gasteiger partial charge in [-0.25, -0.2) is 0 Å². The first kappa shape index (κ1) is 15.2. The standard InChI is InChI=1S/C14H21BrN2O/c1-9(2)13(16)14(18)17-10(3)8-11-4-6-12(15)7-5-11/h4-7,9-10,13H,8,16H2,1-3H3,(H,17,18). The number of hydrogen-bond donors (Lipinski definition) is 2.